The summed E-state index contributed by atoms with van der Waals surface area (Å²) in [6, 6.07) is 5.59. The van der Waals surface area contributed by atoms with E-state index in [9.17, 15) is 4.79 Å². The van der Waals surface area contributed by atoms with E-state index in [1.807, 2.05) is 59.7 Å². The second kappa shape index (κ2) is 10.3. The number of piperidine rings is 1. The number of anilines is 2. The van der Waals surface area contributed by atoms with Gasteiger partial charge >= 0.3 is 0 Å². The number of likely N-dealkylation sites (N-methyl/N-ethyl adjacent to an activating group) is 1. The summed E-state index contributed by atoms with van der Waals surface area (Å²) in [5, 5.41) is 6.75. The highest BCUT2D eigenvalue weighted by Gasteiger charge is 2.26. The summed E-state index contributed by atoms with van der Waals surface area (Å²) in [4.78, 5) is 26.0. The minimum Gasteiger partial charge on any atom is -0.486 e. The molecule has 2 aliphatic rings. The Labute approximate surface area is 214 Å². The van der Waals surface area contributed by atoms with E-state index in [1.54, 1.807) is 0 Å². The molecule has 1 amide bonds. The topological polar surface area (TPSA) is 98.4 Å². The van der Waals surface area contributed by atoms with E-state index >= 15 is 0 Å². The van der Waals surface area contributed by atoms with Gasteiger partial charge in [0.15, 0.2) is 0 Å². The van der Waals surface area contributed by atoms with E-state index in [0.29, 0.717) is 42.2 Å². The number of carbonyl (C=O) groups excluding carboxylic acids is 1. The lowest BCUT2D eigenvalue weighted by atomic mass is 9.89. The maximum Gasteiger partial charge on any atom is 0.245 e. The first-order valence-corrected chi connectivity index (χ1v) is 12.2. The summed E-state index contributed by atoms with van der Waals surface area (Å²) in [5.41, 5.74) is 6.80. The number of carbonyl (C=O) groups is 1. The van der Waals surface area contributed by atoms with Gasteiger partial charge in [0.2, 0.25) is 5.91 Å². The van der Waals surface area contributed by atoms with Crippen molar-refractivity contribution in [3.8, 4) is 5.75 Å². The molecule has 0 radical (unpaired) electrons. The summed E-state index contributed by atoms with van der Waals surface area (Å²) in [7, 11) is 1.93. The second-order valence-corrected chi connectivity index (χ2v) is 9.16. The fraction of sp³-hybridized carbons (Fsp3) is 0.269. The van der Waals surface area contributed by atoms with Crippen LogP contribution in [0.3, 0.4) is 0 Å². The highest BCUT2D eigenvalue weighted by atomic mass is 35.5. The molecule has 2 aromatic heterocycles. The Morgan fingerprint density at radius 3 is 2.92 bits per heavy atom. The average Bonchev–Trinajstić information content (AvgIpc) is 3.34. The molecule has 10 heteroatoms. The highest BCUT2D eigenvalue weighted by Crippen LogP contribution is 2.37. The summed E-state index contributed by atoms with van der Waals surface area (Å²) >= 11 is 6.55. The smallest absolute Gasteiger partial charge is 0.245 e. The van der Waals surface area contributed by atoms with Crippen molar-refractivity contribution >= 4 is 40.0 Å². The number of amides is 1. The van der Waals surface area contributed by atoms with E-state index in [4.69, 9.17) is 16.3 Å². The van der Waals surface area contributed by atoms with Crippen molar-refractivity contribution in [1.29, 1.82) is 0 Å². The number of aromatic amines is 1. The van der Waals surface area contributed by atoms with Crippen molar-refractivity contribution < 1.29 is 9.53 Å². The Bertz CT molecular complexity index is 1340. The van der Waals surface area contributed by atoms with Crippen LogP contribution in [0.4, 0.5) is 11.5 Å². The lowest BCUT2D eigenvalue weighted by molar-refractivity contribution is -0.127. The molecule has 5 rings (SSSR count). The number of likely N-dealkylation sites (tertiary alicyclic amines) is 1. The number of benzene rings is 1. The standard InChI is InChI=1S/C26H28ClN7O2/c1-3-23(35)34-11-8-17(9-12-34)20-14-28-25-24(20)26(30-16-29-25)32-18-6-7-22(21(27)13-18)36-15-19-5-4-10-31-33(19)2/h3-7,10,13-14,16-17,31H,1,8-9,11-12,15H2,2H3,(H2,28,29,30,32). The molecule has 1 aromatic carbocycles. The van der Waals surface area contributed by atoms with Crippen molar-refractivity contribution in [2.45, 2.75) is 18.8 Å². The number of hydrazine groups is 1. The number of nitrogens with one attached hydrogen (secondary N) is 3. The number of hydrogen-bond donors (Lipinski definition) is 3. The molecule has 0 aliphatic carbocycles. The number of aromatic nitrogens is 3. The first kappa shape index (κ1) is 23.7. The second-order valence-electron chi connectivity index (χ2n) is 8.76. The summed E-state index contributed by atoms with van der Waals surface area (Å²) < 4.78 is 5.93. The Morgan fingerprint density at radius 2 is 2.17 bits per heavy atom. The van der Waals surface area contributed by atoms with Crippen LogP contribution in [0.25, 0.3) is 11.0 Å². The van der Waals surface area contributed by atoms with Gasteiger partial charge in [-0.15, -0.1) is 0 Å². The van der Waals surface area contributed by atoms with E-state index in [0.717, 1.165) is 40.8 Å². The van der Waals surface area contributed by atoms with Crippen LogP contribution >= 0.6 is 11.6 Å². The van der Waals surface area contributed by atoms with Crippen LogP contribution in [0.5, 0.6) is 5.75 Å². The van der Waals surface area contributed by atoms with Gasteiger partial charge in [0.05, 0.1) is 16.1 Å². The van der Waals surface area contributed by atoms with Gasteiger partial charge in [-0.25, -0.2) is 9.97 Å². The van der Waals surface area contributed by atoms with Crippen LogP contribution in [0.15, 0.2) is 67.4 Å². The SMILES string of the molecule is C=CC(=O)N1CCC(c2c[nH]c3ncnc(Nc4ccc(OCC5=CC=CNN5C)c(Cl)c4)c23)CC1. The van der Waals surface area contributed by atoms with Gasteiger partial charge in [-0.05, 0) is 60.8 Å². The zero-order chi connectivity index (χ0) is 25.1. The fourth-order valence-corrected chi connectivity index (χ4v) is 4.82. The number of rotatable bonds is 7. The van der Waals surface area contributed by atoms with Crippen molar-refractivity contribution in [2.75, 3.05) is 32.1 Å². The fourth-order valence-electron chi connectivity index (χ4n) is 4.58. The lowest BCUT2D eigenvalue weighted by Gasteiger charge is -2.31. The average molecular weight is 506 g/mol. The third-order valence-corrected chi connectivity index (χ3v) is 6.87. The monoisotopic (exact) mass is 505 g/mol. The first-order chi connectivity index (χ1) is 17.5. The molecular weight excluding hydrogens is 478 g/mol. The number of allylic oxidation sites excluding steroid dienone is 2. The van der Waals surface area contributed by atoms with Crippen LogP contribution in [0, 0.1) is 0 Å². The van der Waals surface area contributed by atoms with Crippen LogP contribution in [-0.2, 0) is 4.79 Å². The molecule has 9 nitrogen and oxygen atoms in total. The molecule has 186 valence electrons. The van der Waals surface area contributed by atoms with Gasteiger partial charge < -0.3 is 25.4 Å². The Balaban J connectivity index is 1.32. The van der Waals surface area contributed by atoms with Gasteiger partial charge in [-0.2, -0.15) is 0 Å². The number of fused-ring (bicyclic) bond motifs is 1. The van der Waals surface area contributed by atoms with Crippen LogP contribution < -0.4 is 15.5 Å². The molecule has 0 unspecified atom stereocenters. The normalized spacial score (nSPS) is 16.0. The number of H-pyrrole nitrogens is 1. The molecule has 1 fully saturated rings. The maximum atomic E-state index is 12.0. The number of nitrogens with zero attached hydrogens (tertiary/aromatic N) is 4. The van der Waals surface area contributed by atoms with Gasteiger partial charge in [0, 0.05) is 38.2 Å². The summed E-state index contributed by atoms with van der Waals surface area (Å²) in [6.07, 6.45) is 12.4. The molecule has 0 bridgehead atoms. The van der Waals surface area contributed by atoms with Gasteiger partial charge in [-0.1, -0.05) is 18.2 Å². The highest BCUT2D eigenvalue weighted by molar-refractivity contribution is 6.32. The molecule has 3 aromatic rings. The minimum absolute atomic E-state index is 0.0154. The van der Waals surface area contributed by atoms with Gasteiger partial charge in [0.25, 0.3) is 0 Å². The zero-order valence-corrected chi connectivity index (χ0v) is 20.8. The number of ether oxygens (including phenoxy) is 1. The zero-order valence-electron chi connectivity index (χ0n) is 20.0. The minimum atomic E-state index is -0.0154. The van der Waals surface area contributed by atoms with E-state index in [1.165, 1.54) is 12.4 Å². The van der Waals surface area contributed by atoms with Crippen LogP contribution in [0.2, 0.25) is 5.02 Å². The number of hydrogen-bond acceptors (Lipinski definition) is 7. The van der Waals surface area contributed by atoms with Crippen molar-refractivity contribution in [2.24, 2.45) is 0 Å². The predicted octanol–water partition coefficient (Wildman–Crippen LogP) is 4.47. The Kier molecular flexibility index (Phi) is 6.81. The van der Waals surface area contributed by atoms with E-state index in [-0.39, 0.29) is 5.91 Å². The molecule has 36 heavy (non-hydrogen) atoms. The number of halogens is 1. The molecule has 4 heterocycles. The van der Waals surface area contributed by atoms with Crippen molar-refractivity contribution in [3.63, 3.8) is 0 Å². The van der Waals surface area contributed by atoms with Gasteiger partial charge in [-0.3, -0.25) is 9.80 Å². The van der Waals surface area contributed by atoms with Crippen molar-refractivity contribution in [3.05, 3.63) is 78.0 Å². The van der Waals surface area contributed by atoms with E-state index in [2.05, 4.69) is 32.3 Å². The molecule has 2 aliphatic heterocycles. The van der Waals surface area contributed by atoms with Crippen molar-refractivity contribution in [1.82, 2.24) is 30.3 Å². The molecule has 1 saturated heterocycles. The molecule has 0 atom stereocenters. The Morgan fingerprint density at radius 1 is 1.33 bits per heavy atom. The summed E-state index contributed by atoms with van der Waals surface area (Å²) in [5.74, 6) is 1.59. The molecule has 0 spiro atoms. The summed E-state index contributed by atoms with van der Waals surface area (Å²) in [6.45, 7) is 5.39. The quantitative estimate of drug-likeness (QED) is 0.407. The van der Waals surface area contributed by atoms with Gasteiger partial charge in [0.1, 0.15) is 30.1 Å². The van der Waals surface area contributed by atoms with E-state index < -0.39 is 0 Å². The van der Waals surface area contributed by atoms with Crippen LogP contribution in [0.1, 0.15) is 24.3 Å². The Hall–Kier alpha value is -3.98. The third-order valence-electron chi connectivity index (χ3n) is 6.58. The maximum absolute atomic E-state index is 12.0. The molecule has 0 saturated carbocycles. The third kappa shape index (κ3) is 4.87. The molecule has 3 N–H and O–H groups in total. The van der Waals surface area contributed by atoms with Crippen LogP contribution in [-0.4, -0.2) is 57.5 Å². The largest absolute Gasteiger partial charge is 0.486 e. The first-order valence-electron chi connectivity index (χ1n) is 11.8. The lowest BCUT2D eigenvalue weighted by Crippen LogP contribution is -2.36. The predicted molar refractivity (Wildman–Crippen MR) is 141 cm³/mol. The molecular formula is C26H28ClN7O2.